The summed E-state index contributed by atoms with van der Waals surface area (Å²) in [5.41, 5.74) is 1.82. The normalized spacial score (nSPS) is 10.9. The summed E-state index contributed by atoms with van der Waals surface area (Å²) in [6.07, 6.45) is 1.46. The van der Waals surface area contributed by atoms with Crippen LogP contribution in [-0.4, -0.2) is 10.1 Å². The molecule has 0 fully saturated rings. The summed E-state index contributed by atoms with van der Waals surface area (Å²) in [7, 11) is 0. The molecule has 0 aliphatic carbocycles. The minimum atomic E-state index is 0.258. The molecule has 0 atom stereocenters. The molecule has 78 valence electrons. The molecule has 1 heterocycles. The van der Waals surface area contributed by atoms with Crippen LogP contribution in [0.5, 0.6) is 5.75 Å². The first-order valence-corrected chi connectivity index (χ1v) is 4.91. The lowest BCUT2D eigenvalue weighted by Gasteiger charge is -2.03. The van der Waals surface area contributed by atoms with Gasteiger partial charge in [0, 0.05) is 11.5 Å². The number of aromatic hydroxyl groups is 1. The van der Waals surface area contributed by atoms with E-state index < -0.39 is 0 Å². The van der Waals surface area contributed by atoms with Crippen molar-refractivity contribution in [1.29, 1.82) is 0 Å². The number of hydrogen-bond acceptors (Lipinski definition) is 3. The van der Waals surface area contributed by atoms with Gasteiger partial charge < -0.3 is 9.52 Å². The fraction of sp³-hybridized carbons (Fsp3) is 0.250. The molecular formula is C12H13NO2. The van der Waals surface area contributed by atoms with E-state index in [4.69, 9.17) is 4.42 Å². The van der Waals surface area contributed by atoms with E-state index in [2.05, 4.69) is 18.8 Å². The van der Waals surface area contributed by atoms with Crippen molar-refractivity contribution in [3.63, 3.8) is 0 Å². The standard InChI is InChI=1S/C12H13NO2/c1-8(2)12-11(13-7-15-12)9-3-5-10(14)6-4-9/h3-8,14H,1-2H3. The number of phenols is 1. The van der Waals surface area contributed by atoms with E-state index in [1.54, 1.807) is 12.1 Å². The maximum Gasteiger partial charge on any atom is 0.181 e. The lowest BCUT2D eigenvalue weighted by atomic mass is 10.0. The van der Waals surface area contributed by atoms with E-state index in [0.717, 1.165) is 17.0 Å². The van der Waals surface area contributed by atoms with Crippen molar-refractivity contribution in [3.8, 4) is 17.0 Å². The summed E-state index contributed by atoms with van der Waals surface area (Å²) in [6, 6.07) is 6.96. The summed E-state index contributed by atoms with van der Waals surface area (Å²) in [4.78, 5) is 4.19. The summed E-state index contributed by atoms with van der Waals surface area (Å²) in [5, 5.41) is 9.19. The molecule has 0 radical (unpaired) electrons. The highest BCUT2D eigenvalue weighted by atomic mass is 16.3. The maximum absolute atomic E-state index is 9.19. The van der Waals surface area contributed by atoms with Crippen LogP contribution in [0.2, 0.25) is 0 Å². The Bertz CT molecular complexity index is 443. The van der Waals surface area contributed by atoms with Crippen molar-refractivity contribution in [2.24, 2.45) is 0 Å². The quantitative estimate of drug-likeness (QED) is 0.815. The van der Waals surface area contributed by atoms with E-state index in [-0.39, 0.29) is 5.75 Å². The first-order chi connectivity index (χ1) is 7.18. The fourth-order valence-corrected chi connectivity index (χ4v) is 1.50. The van der Waals surface area contributed by atoms with Gasteiger partial charge in [-0.3, -0.25) is 0 Å². The van der Waals surface area contributed by atoms with Crippen molar-refractivity contribution in [3.05, 3.63) is 36.4 Å². The third-order valence-corrected chi connectivity index (χ3v) is 2.26. The van der Waals surface area contributed by atoms with Gasteiger partial charge in [0.1, 0.15) is 17.2 Å². The Morgan fingerprint density at radius 1 is 1.20 bits per heavy atom. The van der Waals surface area contributed by atoms with Gasteiger partial charge in [0.2, 0.25) is 0 Å². The summed E-state index contributed by atoms with van der Waals surface area (Å²) < 4.78 is 5.34. The first-order valence-electron chi connectivity index (χ1n) is 4.91. The predicted octanol–water partition coefficient (Wildman–Crippen LogP) is 3.17. The SMILES string of the molecule is CC(C)c1ocnc1-c1ccc(O)cc1. The highest BCUT2D eigenvalue weighted by Gasteiger charge is 2.13. The maximum atomic E-state index is 9.19. The van der Waals surface area contributed by atoms with Gasteiger partial charge >= 0.3 is 0 Å². The van der Waals surface area contributed by atoms with Crippen LogP contribution in [0.1, 0.15) is 25.5 Å². The van der Waals surface area contributed by atoms with E-state index in [1.165, 1.54) is 6.39 Å². The second kappa shape index (κ2) is 3.77. The second-order valence-electron chi connectivity index (χ2n) is 3.77. The van der Waals surface area contributed by atoms with E-state index >= 15 is 0 Å². The molecule has 0 aliphatic rings. The summed E-state index contributed by atoms with van der Waals surface area (Å²) in [6.45, 7) is 4.12. The molecule has 2 rings (SSSR count). The molecule has 0 unspecified atom stereocenters. The number of aromatic nitrogens is 1. The molecule has 0 saturated carbocycles. The van der Waals surface area contributed by atoms with Crippen molar-refractivity contribution in [2.45, 2.75) is 19.8 Å². The van der Waals surface area contributed by atoms with Crippen LogP contribution in [0.15, 0.2) is 35.1 Å². The Morgan fingerprint density at radius 2 is 1.87 bits per heavy atom. The Hall–Kier alpha value is -1.77. The molecule has 15 heavy (non-hydrogen) atoms. The highest BCUT2D eigenvalue weighted by molar-refractivity contribution is 5.62. The fourth-order valence-electron chi connectivity index (χ4n) is 1.50. The molecule has 3 heteroatoms. The van der Waals surface area contributed by atoms with Crippen LogP contribution >= 0.6 is 0 Å². The molecular weight excluding hydrogens is 190 g/mol. The lowest BCUT2D eigenvalue weighted by Crippen LogP contribution is -1.88. The van der Waals surface area contributed by atoms with Gasteiger partial charge in [-0.1, -0.05) is 13.8 Å². The Labute approximate surface area is 88.4 Å². The average Bonchev–Trinajstić information content (AvgIpc) is 2.67. The van der Waals surface area contributed by atoms with Crippen molar-refractivity contribution in [1.82, 2.24) is 4.98 Å². The number of benzene rings is 1. The van der Waals surface area contributed by atoms with Crippen LogP contribution in [0, 0.1) is 0 Å². The van der Waals surface area contributed by atoms with Gasteiger partial charge in [-0.2, -0.15) is 0 Å². The molecule has 3 nitrogen and oxygen atoms in total. The molecule has 1 aromatic carbocycles. The molecule has 2 aromatic rings. The Kier molecular flexibility index (Phi) is 2.46. The van der Waals surface area contributed by atoms with Gasteiger partial charge in [-0.05, 0) is 24.3 Å². The predicted molar refractivity (Wildman–Crippen MR) is 57.7 cm³/mol. The smallest absolute Gasteiger partial charge is 0.181 e. The van der Waals surface area contributed by atoms with Gasteiger partial charge in [0.05, 0.1) is 0 Å². The van der Waals surface area contributed by atoms with E-state index in [0.29, 0.717) is 5.92 Å². The second-order valence-corrected chi connectivity index (χ2v) is 3.77. The highest BCUT2D eigenvalue weighted by Crippen LogP contribution is 2.28. The summed E-state index contributed by atoms with van der Waals surface area (Å²) in [5.74, 6) is 1.44. The van der Waals surface area contributed by atoms with Gasteiger partial charge in [0.15, 0.2) is 6.39 Å². The number of nitrogens with zero attached hydrogens (tertiary/aromatic N) is 1. The third-order valence-electron chi connectivity index (χ3n) is 2.26. The van der Waals surface area contributed by atoms with Crippen LogP contribution in [-0.2, 0) is 0 Å². The number of rotatable bonds is 2. The minimum absolute atomic E-state index is 0.258. The van der Waals surface area contributed by atoms with E-state index in [1.807, 2.05) is 12.1 Å². The largest absolute Gasteiger partial charge is 0.508 e. The summed E-state index contributed by atoms with van der Waals surface area (Å²) >= 11 is 0. The number of hydrogen-bond donors (Lipinski definition) is 1. The number of phenolic OH excluding ortho intramolecular Hbond substituents is 1. The minimum Gasteiger partial charge on any atom is -0.508 e. The zero-order valence-electron chi connectivity index (χ0n) is 8.77. The zero-order valence-corrected chi connectivity index (χ0v) is 8.77. The lowest BCUT2D eigenvalue weighted by molar-refractivity contribution is 0.475. The van der Waals surface area contributed by atoms with Crippen LogP contribution in [0.25, 0.3) is 11.3 Å². The number of oxazole rings is 1. The molecule has 0 amide bonds. The Balaban J connectivity index is 2.45. The van der Waals surface area contributed by atoms with Crippen LogP contribution in [0.4, 0.5) is 0 Å². The topological polar surface area (TPSA) is 46.3 Å². The molecule has 0 spiro atoms. The van der Waals surface area contributed by atoms with E-state index in [9.17, 15) is 5.11 Å². The van der Waals surface area contributed by atoms with Crippen molar-refractivity contribution < 1.29 is 9.52 Å². The van der Waals surface area contributed by atoms with Gasteiger partial charge in [-0.25, -0.2) is 4.98 Å². The molecule has 0 aliphatic heterocycles. The molecule has 0 saturated heterocycles. The van der Waals surface area contributed by atoms with Crippen molar-refractivity contribution in [2.75, 3.05) is 0 Å². The molecule has 1 N–H and O–H groups in total. The van der Waals surface area contributed by atoms with Crippen molar-refractivity contribution >= 4 is 0 Å². The zero-order chi connectivity index (χ0) is 10.8. The third kappa shape index (κ3) is 1.86. The molecule has 1 aromatic heterocycles. The molecule has 0 bridgehead atoms. The van der Waals surface area contributed by atoms with Crippen LogP contribution < -0.4 is 0 Å². The average molecular weight is 203 g/mol. The first kappa shape index (κ1) is 9.77. The van der Waals surface area contributed by atoms with Gasteiger partial charge in [0.25, 0.3) is 0 Å². The monoisotopic (exact) mass is 203 g/mol. The van der Waals surface area contributed by atoms with Gasteiger partial charge in [-0.15, -0.1) is 0 Å². The Morgan fingerprint density at radius 3 is 2.47 bits per heavy atom. The van der Waals surface area contributed by atoms with Crippen LogP contribution in [0.3, 0.4) is 0 Å².